The van der Waals surface area contributed by atoms with Crippen LogP contribution in [-0.4, -0.2) is 21.7 Å². The fraction of sp³-hybridized carbons (Fsp3) is 0.400. The molecule has 4 nitrogen and oxygen atoms in total. The average Bonchev–Trinajstić information content (AvgIpc) is 2.86. The van der Waals surface area contributed by atoms with E-state index in [2.05, 4.69) is 10.4 Å². The van der Waals surface area contributed by atoms with Crippen molar-refractivity contribution >= 4 is 12.0 Å². The number of hydrogen-bond acceptors (Lipinski definition) is 2. The molecule has 2 rings (SSSR count). The van der Waals surface area contributed by atoms with E-state index in [-0.39, 0.29) is 5.91 Å². The number of aryl methyl sites for hydroxylation is 1. The summed E-state index contributed by atoms with van der Waals surface area (Å²) < 4.78 is 1.72. The number of aromatic nitrogens is 2. The van der Waals surface area contributed by atoms with Crippen molar-refractivity contribution in [3.05, 3.63) is 24.0 Å². The second kappa shape index (κ2) is 3.65. The summed E-state index contributed by atoms with van der Waals surface area (Å²) in [7, 11) is 1.85. The lowest BCUT2D eigenvalue weighted by atomic mass is 10.3. The first-order valence-corrected chi connectivity index (χ1v) is 4.72. The van der Waals surface area contributed by atoms with Crippen LogP contribution < -0.4 is 5.32 Å². The van der Waals surface area contributed by atoms with E-state index in [0.717, 1.165) is 18.5 Å². The Morgan fingerprint density at radius 2 is 2.50 bits per heavy atom. The Bertz CT molecular complexity index is 363. The molecule has 1 saturated carbocycles. The maximum Gasteiger partial charge on any atom is 0.244 e. The molecule has 0 aliphatic heterocycles. The molecule has 0 unspecified atom stereocenters. The highest BCUT2D eigenvalue weighted by atomic mass is 16.1. The lowest BCUT2D eigenvalue weighted by Gasteiger charge is -1.97. The van der Waals surface area contributed by atoms with Crippen LogP contribution in [0.2, 0.25) is 0 Å². The molecule has 1 aliphatic carbocycles. The van der Waals surface area contributed by atoms with Gasteiger partial charge in [0.1, 0.15) is 0 Å². The van der Waals surface area contributed by atoms with E-state index in [1.54, 1.807) is 23.0 Å². The topological polar surface area (TPSA) is 46.9 Å². The standard InChI is InChI=1S/C10H13N3O/c1-13-9(6-7-11-13)4-5-10(14)12-8-2-3-8/h4-8H,2-3H2,1H3,(H,12,14)/b5-4+. The molecule has 0 bridgehead atoms. The van der Waals surface area contributed by atoms with Gasteiger partial charge in [0.15, 0.2) is 0 Å². The average molecular weight is 191 g/mol. The molecule has 1 fully saturated rings. The summed E-state index contributed by atoms with van der Waals surface area (Å²) in [6.07, 6.45) is 7.26. The van der Waals surface area contributed by atoms with Crippen LogP contribution in [0.25, 0.3) is 6.08 Å². The Kier molecular flexibility index (Phi) is 2.35. The molecule has 74 valence electrons. The zero-order chi connectivity index (χ0) is 9.97. The van der Waals surface area contributed by atoms with Gasteiger partial charge in [-0.1, -0.05) is 0 Å². The summed E-state index contributed by atoms with van der Waals surface area (Å²) in [5.74, 6) is -0.0197. The van der Waals surface area contributed by atoms with E-state index in [1.165, 1.54) is 0 Å². The number of nitrogens with one attached hydrogen (secondary N) is 1. The largest absolute Gasteiger partial charge is 0.350 e. The molecule has 1 aromatic rings. The number of amides is 1. The maximum atomic E-state index is 11.3. The van der Waals surface area contributed by atoms with Crippen LogP contribution in [0.5, 0.6) is 0 Å². The zero-order valence-electron chi connectivity index (χ0n) is 8.10. The lowest BCUT2D eigenvalue weighted by molar-refractivity contribution is -0.116. The molecule has 1 N–H and O–H groups in total. The predicted molar refractivity (Wildman–Crippen MR) is 53.4 cm³/mol. The third-order valence-electron chi connectivity index (χ3n) is 2.19. The Morgan fingerprint density at radius 3 is 3.07 bits per heavy atom. The molecule has 0 aromatic carbocycles. The SMILES string of the molecule is Cn1nccc1/C=C/C(=O)NC1CC1. The zero-order valence-corrected chi connectivity index (χ0v) is 8.10. The van der Waals surface area contributed by atoms with Gasteiger partial charge >= 0.3 is 0 Å². The summed E-state index contributed by atoms with van der Waals surface area (Å²) in [6, 6.07) is 2.28. The smallest absolute Gasteiger partial charge is 0.244 e. The van der Waals surface area contributed by atoms with Crippen LogP contribution >= 0.6 is 0 Å². The minimum Gasteiger partial charge on any atom is -0.350 e. The molecule has 14 heavy (non-hydrogen) atoms. The number of rotatable bonds is 3. The van der Waals surface area contributed by atoms with Crippen molar-refractivity contribution < 1.29 is 4.79 Å². The van der Waals surface area contributed by atoms with Gasteiger partial charge in [-0.3, -0.25) is 9.48 Å². The van der Waals surface area contributed by atoms with Gasteiger partial charge < -0.3 is 5.32 Å². The fourth-order valence-electron chi connectivity index (χ4n) is 1.19. The molecule has 4 heteroatoms. The molecule has 1 heterocycles. The fourth-order valence-corrected chi connectivity index (χ4v) is 1.19. The van der Waals surface area contributed by atoms with Gasteiger partial charge in [0.2, 0.25) is 5.91 Å². The third kappa shape index (κ3) is 2.22. The van der Waals surface area contributed by atoms with Crippen LogP contribution in [0.3, 0.4) is 0 Å². The summed E-state index contributed by atoms with van der Waals surface area (Å²) in [4.78, 5) is 11.3. The molecule has 0 radical (unpaired) electrons. The molecular formula is C10H13N3O. The number of nitrogens with zero attached hydrogens (tertiary/aromatic N) is 2. The maximum absolute atomic E-state index is 11.3. The van der Waals surface area contributed by atoms with E-state index >= 15 is 0 Å². The Morgan fingerprint density at radius 1 is 1.71 bits per heavy atom. The Labute approximate surface area is 82.6 Å². The molecule has 1 aliphatic rings. The second-order valence-electron chi connectivity index (χ2n) is 3.50. The van der Waals surface area contributed by atoms with Gasteiger partial charge in [-0.15, -0.1) is 0 Å². The molecule has 0 spiro atoms. The van der Waals surface area contributed by atoms with E-state index in [9.17, 15) is 4.79 Å². The number of carbonyl (C=O) groups excluding carboxylic acids is 1. The van der Waals surface area contributed by atoms with Gasteiger partial charge in [-0.05, 0) is 25.0 Å². The van der Waals surface area contributed by atoms with E-state index in [4.69, 9.17) is 0 Å². The normalized spacial score (nSPS) is 16.1. The molecule has 1 amide bonds. The quantitative estimate of drug-likeness (QED) is 0.715. The van der Waals surface area contributed by atoms with E-state index in [1.807, 2.05) is 13.1 Å². The lowest BCUT2D eigenvalue weighted by Crippen LogP contribution is -2.22. The van der Waals surface area contributed by atoms with Gasteiger partial charge in [-0.25, -0.2) is 0 Å². The van der Waals surface area contributed by atoms with Crippen LogP contribution in [0.15, 0.2) is 18.3 Å². The number of hydrogen-bond donors (Lipinski definition) is 1. The molecule has 0 atom stereocenters. The van der Waals surface area contributed by atoms with Gasteiger partial charge in [-0.2, -0.15) is 5.10 Å². The van der Waals surface area contributed by atoms with Crippen molar-refractivity contribution in [3.63, 3.8) is 0 Å². The van der Waals surface area contributed by atoms with Crippen LogP contribution in [0, 0.1) is 0 Å². The molecular weight excluding hydrogens is 178 g/mol. The van der Waals surface area contributed by atoms with Gasteiger partial charge in [0.25, 0.3) is 0 Å². The van der Waals surface area contributed by atoms with E-state index in [0.29, 0.717) is 6.04 Å². The summed E-state index contributed by atoms with van der Waals surface area (Å²) in [5.41, 5.74) is 0.927. The van der Waals surface area contributed by atoms with E-state index < -0.39 is 0 Å². The molecule has 1 aromatic heterocycles. The second-order valence-corrected chi connectivity index (χ2v) is 3.50. The highest BCUT2D eigenvalue weighted by Crippen LogP contribution is 2.18. The Balaban J connectivity index is 1.92. The summed E-state index contributed by atoms with van der Waals surface area (Å²) in [5, 5.41) is 6.88. The van der Waals surface area contributed by atoms with Crippen molar-refractivity contribution in [3.8, 4) is 0 Å². The van der Waals surface area contributed by atoms with Crippen molar-refractivity contribution in [1.82, 2.24) is 15.1 Å². The first kappa shape index (κ1) is 8.99. The predicted octanol–water partition coefficient (Wildman–Crippen LogP) is 0.712. The first-order valence-electron chi connectivity index (χ1n) is 4.72. The Hall–Kier alpha value is -1.58. The minimum absolute atomic E-state index is 0.0197. The van der Waals surface area contributed by atoms with Crippen molar-refractivity contribution in [2.45, 2.75) is 18.9 Å². The summed E-state index contributed by atoms with van der Waals surface area (Å²) >= 11 is 0. The highest BCUT2D eigenvalue weighted by molar-refractivity contribution is 5.91. The van der Waals surface area contributed by atoms with Crippen molar-refractivity contribution in [2.75, 3.05) is 0 Å². The third-order valence-corrected chi connectivity index (χ3v) is 2.19. The molecule has 0 saturated heterocycles. The minimum atomic E-state index is -0.0197. The van der Waals surface area contributed by atoms with Crippen LogP contribution in [0.4, 0.5) is 0 Å². The first-order chi connectivity index (χ1) is 6.75. The monoisotopic (exact) mass is 191 g/mol. The highest BCUT2D eigenvalue weighted by Gasteiger charge is 2.21. The van der Waals surface area contributed by atoms with Crippen LogP contribution in [0.1, 0.15) is 18.5 Å². The van der Waals surface area contributed by atoms with Crippen molar-refractivity contribution in [1.29, 1.82) is 0 Å². The summed E-state index contributed by atoms with van der Waals surface area (Å²) in [6.45, 7) is 0. The number of carbonyl (C=O) groups is 1. The van der Waals surface area contributed by atoms with Gasteiger partial charge in [0.05, 0.1) is 5.69 Å². The van der Waals surface area contributed by atoms with Gasteiger partial charge in [0, 0.05) is 25.4 Å². The van der Waals surface area contributed by atoms with Crippen molar-refractivity contribution in [2.24, 2.45) is 7.05 Å². The van der Waals surface area contributed by atoms with Crippen LogP contribution in [-0.2, 0) is 11.8 Å².